The summed E-state index contributed by atoms with van der Waals surface area (Å²) in [5.41, 5.74) is 0.296. The Hall–Kier alpha value is -1.12. The third-order valence-corrected chi connectivity index (χ3v) is 4.59. The number of carbonyl (C=O) groups is 2. The Bertz CT molecular complexity index is 359. The van der Waals surface area contributed by atoms with Gasteiger partial charge >= 0.3 is 11.9 Å². The molecule has 0 aromatic rings. The summed E-state index contributed by atoms with van der Waals surface area (Å²) >= 11 is 0. The van der Waals surface area contributed by atoms with Crippen molar-refractivity contribution in [2.75, 3.05) is 0 Å². The fourth-order valence-corrected chi connectivity index (χ4v) is 3.88. The third-order valence-electron chi connectivity index (χ3n) is 4.59. The lowest BCUT2D eigenvalue weighted by molar-refractivity contribution is -0.155. The van der Waals surface area contributed by atoms with E-state index in [4.69, 9.17) is 4.74 Å². The maximum atomic E-state index is 11.5. The molecule has 2 bridgehead atoms. The summed E-state index contributed by atoms with van der Waals surface area (Å²) < 4.78 is 4.71. The number of hydrogen-bond acceptors (Lipinski definition) is 3. The van der Waals surface area contributed by atoms with Crippen molar-refractivity contribution in [2.45, 2.75) is 12.8 Å². The van der Waals surface area contributed by atoms with Gasteiger partial charge in [-0.1, -0.05) is 12.2 Å². The lowest BCUT2D eigenvalue weighted by atomic mass is 9.85. The quantitative estimate of drug-likeness (QED) is 0.324. The Labute approximate surface area is 81.1 Å². The smallest absolute Gasteiger partial charge is 0.318 e. The van der Waals surface area contributed by atoms with Gasteiger partial charge in [-0.2, -0.15) is 0 Å². The number of fused-ring (bicyclic) bond motifs is 3. The molecule has 4 atom stereocenters. The van der Waals surface area contributed by atoms with Crippen LogP contribution in [-0.2, 0) is 14.3 Å². The first-order valence-electron chi connectivity index (χ1n) is 5.18. The third kappa shape index (κ3) is 0.527. The lowest BCUT2D eigenvalue weighted by Crippen LogP contribution is -2.21. The molecule has 3 heteroatoms. The van der Waals surface area contributed by atoms with E-state index < -0.39 is 0 Å². The van der Waals surface area contributed by atoms with Gasteiger partial charge in [0.1, 0.15) is 0 Å². The molecule has 1 heterocycles. The normalized spacial score (nSPS) is 50.0. The number of carbonyl (C=O) groups excluding carboxylic acids is 2. The zero-order valence-electron chi connectivity index (χ0n) is 7.60. The maximum absolute atomic E-state index is 11.5. The van der Waals surface area contributed by atoms with Crippen LogP contribution in [0.2, 0.25) is 0 Å². The molecule has 4 rings (SSSR count). The molecule has 3 aliphatic carbocycles. The number of hydrogen-bond donors (Lipinski definition) is 0. The Morgan fingerprint density at radius 2 is 1.57 bits per heavy atom. The Morgan fingerprint density at radius 1 is 1.07 bits per heavy atom. The molecule has 0 N–H and O–H groups in total. The van der Waals surface area contributed by atoms with Gasteiger partial charge in [0.2, 0.25) is 0 Å². The molecule has 0 aromatic carbocycles. The predicted octanol–water partition coefficient (Wildman–Crippen LogP) is 0.898. The van der Waals surface area contributed by atoms with Crippen LogP contribution >= 0.6 is 0 Å². The van der Waals surface area contributed by atoms with Crippen LogP contribution in [0.3, 0.4) is 0 Å². The van der Waals surface area contributed by atoms with Crippen LogP contribution in [-0.4, -0.2) is 11.9 Å². The van der Waals surface area contributed by atoms with E-state index in [1.165, 1.54) is 12.8 Å². The van der Waals surface area contributed by atoms with Crippen molar-refractivity contribution >= 4 is 11.9 Å². The van der Waals surface area contributed by atoms with Crippen LogP contribution in [0.5, 0.6) is 0 Å². The fourth-order valence-electron chi connectivity index (χ4n) is 3.88. The fraction of sp³-hybridized carbons (Fsp3) is 0.636. The first-order chi connectivity index (χ1) is 6.74. The second kappa shape index (κ2) is 1.81. The molecular weight excluding hydrogens is 180 g/mol. The number of ether oxygens (including phenoxy) is 1. The van der Waals surface area contributed by atoms with Crippen molar-refractivity contribution in [1.82, 2.24) is 0 Å². The van der Waals surface area contributed by atoms with Crippen LogP contribution in [0.15, 0.2) is 12.2 Å². The summed E-state index contributed by atoms with van der Waals surface area (Å²) in [6.45, 7) is 0. The summed E-state index contributed by atoms with van der Waals surface area (Å²) in [4.78, 5) is 23.0. The summed E-state index contributed by atoms with van der Waals surface area (Å²) in [6, 6.07) is 0. The van der Waals surface area contributed by atoms with Crippen LogP contribution < -0.4 is 0 Å². The topological polar surface area (TPSA) is 43.4 Å². The molecule has 0 aromatic heterocycles. The van der Waals surface area contributed by atoms with Crippen molar-refractivity contribution in [3.8, 4) is 0 Å². The molecule has 3 nitrogen and oxygen atoms in total. The molecule has 1 aliphatic heterocycles. The molecule has 4 aliphatic rings. The number of cyclic esters (lactones) is 2. The van der Waals surface area contributed by atoms with Crippen molar-refractivity contribution in [1.29, 1.82) is 0 Å². The van der Waals surface area contributed by atoms with Crippen molar-refractivity contribution in [2.24, 2.45) is 29.1 Å². The molecular formula is C11H10O3. The van der Waals surface area contributed by atoms with Crippen LogP contribution in [0.1, 0.15) is 12.8 Å². The summed E-state index contributed by atoms with van der Waals surface area (Å²) in [5, 5.41) is 0. The Kier molecular flexibility index (Phi) is 0.932. The average Bonchev–Trinajstić information content (AvgIpc) is 2.72. The standard InChI is InChI=1S/C11H10O3/c12-9-7-5-1-2-6(11(5)3-4-11)8(7)10(13)14-9/h1-2,5-8H,3-4H2/t5-,6-,7+,8+/m0/s1. The van der Waals surface area contributed by atoms with Gasteiger partial charge in [-0.05, 0) is 30.1 Å². The van der Waals surface area contributed by atoms with E-state index in [0.717, 1.165) is 0 Å². The maximum Gasteiger partial charge on any atom is 0.318 e. The van der Waals surface area contributed by atoms with Gasteiger partial charge in [0, 0.05) is 0 Å². The Balaban J connectivity index is 1.89. The first-order valence-corrected chi connectivity index (χ1v) is 5.18. The second-order valence-electron chi connectivity index (χ2n) is 4.96. The monoisotopic (exact) mass is 190 g/mol. The van der Waals surface area contributed by atoms with E-state index >= 15 is 0 Å². The van der Waals surface area contributed by atoms with Gasteiger partial charge in [0.25, 0.3) is 0 Å². The predicted molar refractivity (Wildman–Crippen MR) is 45.9 cm³/mol. The minimum Gasteiger partial charge on any atom is -0.393 e. The van der Waals surface area contributed by atoms with E-state index in [0.29, 0.717) is 17.3 Å². The molecule has 2 saturated carbocycles. The molecule has 0 radical (unpaired) electrons. The highest BCUT2D eigenvalue weighted by Crippen LogP contribution is 2.73. The van der Waals surface area contributed by atoms with Gasteiger partial charge in [-0.15, -0.1) is 0 Å². The largest absolute Gasteiger partial charge is 0.393 e. The highest BCUT2D eigenvalue weighted by atomic mass is 16.6. The van der Waals surface area contributed by atoms with Gasteiger partial charge in [-0.25, -0.2) is 0 Å². The van der Waals surface area contributed by atoms with Crippen LogP contribution in [0.25, 0.3) is 0 Å². The number of rotatable bonds is 0. The van der Waals surface area contributed by atoms with E-state index in [2.05, 4.69) is 12.2 Å². The minimum absolute atomic E-state index is 0.139. The molecule has 3 fully saturated rings. The van der Waals surface area contributed by atoms with E-state index in [1.807, 2.05) is 0 Å². The molecule has 72 valence electrons. The summed E-state index contributed by atoms with van der Waals surface area (Å²) in [6.07, 6.45) is 6.64. The van der Waals surface area contributed by atoms with Gasteiger partial charge in [0.05, 0.1) is 11.8 Å². The SMILES string of the molecule is O=C1OC(=O)[C@H]2[C@H]1[C@@H]1C=C[C@@H]2C12CC2. The molecule has 1 spiro atoms. The molecule has 0 amide bonds. The van der Waals surface area contributed by atoms with Crippen molar-refractivity contribution < 1.29 is 14.3 Å². The van der Waals surface area contributed by atoms with E-state index in [-0.39, 0.29) is 23.8 Å². The summed E-state index contributed by atoms with van der Waals surface area (Å²) in [7, 11) is 0. The van der Waals surface area contributed by atoms with Crippen molar-refractivity contribution in [3.05, 3.63) is 12.2 Å². The number of allylic oxidation sites excluding steroid dienone is 2. The molecule has 0 unspecified atom stereocenters. The summed E-state index contributed by atoms with van der Waals surface area (Å²) in [5.74, 6) is -0.223. The zero-order chi connectivity index (χ0) is 9.50. The van der Waals surface area contributed by atoms with E-state index in [1.54, 1.807) is 0 Å². The number of esters is 2. The first kappa shape index (κ1) is 7.21. The van der Waals surface area contributed by atoms with Gasteiger partial charge < -0.3 is 4.74 Å². The molecule has 14 heavy (non-hydrogen) atoms. The lowest BCUT2D eigenvalue weighted by Gasteiger charge is -2.15. The van der Waals surface area contributed by atoms with Crippen molar-refractivity contribution in [3.63, 3.8) is 0 Å². The molecule has 1 saturated heterocycles. The highest BCUT2D eigenvalue weighted by Gasteiger charge is 2.72. The second-order valence-corrected chi connectivity index (χ2v) is 4.96. The minimum atomic E-state index is -0.275. The average molecular weight is 190 g/mol. The zero-order valence-corrected chi connectivity index (χ0v) is 7.60. The van der Waals surface area contributed by atoms with Gasteiger partial charge in [0.15, 0.2) is 0 Å². The van der Waals surface area contributed by atoms with Crippen LogP contribution in [0.4, 0.5) is 0 Å². The van der Waals surface area contributed by atoms with E-state index in [9.17, 15) is 9.59 Å². The Morgan fingerprint density at radius 3 is 2.00 bits per heavy atom. The van der Waals surface area contributed by atoms with Gasteiger partial charge in [-0.3, -0.25) is 9.59 Å². The highest BCUT2D eigenvalue weighted by molar-refractivity contribution is 5.98. The van der Waals surface area contributed by atoms with Crippen LogP contribution in [0, 0.1) is 29.1 Å².